The molecule has 3 amide bonds. The predicted octanol–water partition coefficient (Wildman–Crippen LogP) is -2.30. The van der Waals surface area contributed by atoms with Crippen molar-refractivity contribution in [1.82, 2.24) is 20.4 Å². The van der Waals surface area contributed by atoms with Crippen LogP contribution < -0.4 is 10.6 Å². The number of rotatable bonds is 36. The second kappa shape index (κ2) is 39.9. The Morgan fingerprint density at radius 1 is 0.462 bits per heavy atom. The van der Waals surface area contributed by atoms with Gasteiger partial charge < -0.3 is 102 Å². The number of nitrogens with zero attached hydrogens (tertiary/aromatic N) is 2. The number of benzene rings is 1. The van der Waals surface area contributed by atoms with E-state index in [0.717, 1.165) is 70.8 Å². The highest BCUT2D eigenvalue weighted by Crippen LogP contribution is 2.32. The summed E-state index contributed by atoms with van der Waals surface area (Å²) < 4.78 is 84.0. The van der Waals surface area contributed by atoms with Gasteiger partial charge >= 0.3 is 53.7 Å². The van der Waals surface area contributed by atoms with Gasteiger partial charge in [0, 0.05) is 88.0 Å². The quantitative estimate of drug-likeness (QED) is 0.0268. The van der Waals surface area contributed by atoms with Gasteiger partial charge in [-0.2, -0.15) is 0 Å². The van der Waals surface area contributed by atoms with Gasteiger partial charge in [0.15, 0.2) is 55.5 Å². The molecule has 0 aliphatic carbocycles. The van der Waals surface area contributed by atoms with Crippen molar-refractivity contribution in [3.63, 3.8) is 0 Å². The Hall–Kier alpha value is -7.54. The molecule has 3 saturated heterocycles. The molecule has 0 bridgehead atoms. The number of aliphatic hydroxyl groups excluding tert-OH is 3. The number of ether oxygens (including phenoxy) is 15. The fourth-order valence-electron chi connectivity index (χ4n) is 9.67. The fourth-order valence-corrected chi connectivity index (χ4v) is 9.67. The molecule has 34 heteroatoms. The zero-order valence-electron chi connectivity index (χ0n) is 53.3. The van der Waals surface area contributed by atoms with Gasteiger partial charge in [-0.05, 0) is 25.3 Å². The van der Waals surface area contributed by atoms with E-state index in [2.05, 4.69) is 10.6 Å². The molecule has 3 aliphatic rings. The SMILES string of the molecule is CC(=O)OC[C@H]1O[C@H](OCCN(CCO[C@H]2O[C@H](COC(C)=O)[C@@H](OC(C)=O)[C@H](OC(C)=O)[C@@H]2OC(C)=O)C(=O)CN(CC(=O)NCCCCCC(=O)OCc2ccccc2)CC(=O)NCCO[C@@H]2O[C@@H](C)[C@@H](O)[C@@H](O)[C@@H]2O)[C@@H](OC(C)=O)[C@@H](OC(C)=O)[C@@H]1OC(C)=O. The van der Waals surface area contributed by atoms with Crippen LogP contribution in [0.25, 0.3) is 0 Å². The number of amides is 3. The third-order valence-corrected chi connectivity index (χ3v) is 13.8. The molecule has 15 atom stereocenters. The second-order valence-electron chi connectivity index (χ2n) is 21.6. The van der Waals surface area contributed by atoms with Crippen molar-refractivity contribution in [2.75, 3.05) is 78.8 Å². The summed E-state index contributed by atoms with van der Waals surface area (Å²) in [6.45, 7) is 4.13. The first kappa shape index (κ1) is 77.9. The zero-order chi connectivity index (χ0) is 68.9. The van der Waals surface area contributed by atoms with Crippen molar-refractivity contribution in [3.05, 3.63) is 35.9 Å². The Bertz CT molecular complexity index is 2550. The van der Waals surface area contributed by atoms with Crippen LogP contribution in [0.3, 0.4) is 0 Å². The Morgan fingerprint density at radius 2 is 0.903 bits per heavy atom. The van der Waals surface area contributed by atoms with E-state index in [4.69, 9.17) is 71.1 Å². The fraction of sp³-hybridized carbons (Fsp3) is 0.695. The van der Waals surface area contributed by atoms with Gasteiger partial charge in [-0.1, -0.05) is 36.8 Å². The van der Waals surface area contributed by atoms with Crippen molar-refractivity contribution in [3.8, 4) is 0 Å². The molecule has 0 radical (unpaired) electrons. The van der Waals surface area contributed by atoms with E-state index in [-0.39, 0.29) is 32.7 Å². The van der Waals surface area contributed by atoms with E-state index in [1.54, 1.807) is 0 Å². The van der Waals surface area contributed by atoms with Crippen molar-refractivity contribution < 1.29 is 144 Å². The van der Waals surface area contributed by atoms with Crippen molar-refractivity contribution >= 4 is 71.4 Å². The van der Waals surface area contributed by atoms with Crippen LogP contribution in [0.5, 0.6) is 0 Å². The van der Waals surface area contributed by atoms with E-state index in [9.17, 15) is 72.9 Å². The average molecular weight is 1330 g/mol. The van der Waals surface area contributed by atoms with Crippen LogP contribution in [0.15, 0.2) is 30.3 Å². The molecule has 3 aliphatic heterocycles. The maximum absolute atomic E-state index is 14.9. The highest BCUT2D eigenvalue weighted by molar-refractivity contribution is 5.84. The Kier molecular flexibility index (Phi) is 33.4. The standard InChI is InChI=1S/C59H86N4O30/c1-32-48(76)49(77)50(78)57(85-32)79-23-20-61-45(73)27-62(26-44(72)60-19-15-11-14-18-47(75)84-29-41-16-12-10-13-17-41)28-46(74)63(21-24-80-58-55(90-39(8)70)53(88-37(6)68)51(86-35(4)66)42(92-58)30-82-33(2)64)22-25-81-59-56(91-40(9)71)54(89-38(7)69)52(87-36(5)67)43(93-59)31-83-34(3)65/h10,12-13,16-17,32,42-43,48-59,76-78H,11,14-15,18-31H2,1-9H3,(H,60,72)(H,61,73)/t32-,42+,43+,48+,49+,50-,51+,52+,53-,54-,55-,56-,57+,58-,59-/m0/s1. The monoisotopic (exact) mass is 1330 g/mol. The lowest BCUT2D eigenvalue weighted by Gasteiger charge is -2.44. The summed E-state index contributed by atoms with van der Waals surface area (Å²) in [7, 11) is 0. The Morgan fingerprint density at radius 3 is 1.37 bits per heavy atom. The molecule has 0 spiro atoms. The number of nitrogens with one attached hydrogen (secondary N) is 2. The number of carbonyl (C=O) groups is 12. The van der Waals surface area contributed by atoms with Gasteiger partial charge in [0.05, 0.1) is 45.6 Å². The number of carbonyl (C=O) groups excluding carboxylic acids is 12. The van der Waals surface area contributed by atoms with Gasteiger partial charge in [0.25, 0.3) is 0 Å². The molecule has 34 nitrogen and oxygen atoms in total. The first-order valence-electron chi connectivity index (χ1n) is 29.9. The van der Waals surface area contributed by atoms with Gasteiger partial charge in [-0.15, -0.1) is 0 Å². The average Bonchev–Trinajstić information content (AvgIpc) is 0.818. The minimum atomic E-state index is -1.73. The van der Waals surface area contributed by atoms with Gasteiger partial charge in [-0.25, -0.2) is 0 Å². The lowest BCUT2D eigenvalue weighted by Crippen LogP contribution is -2.63. The highest BCUT2D eigenvalue weighted by atomic mass is 16.8. The predicted molar refractivity (Wildman–Crippen MR) is 308 cm³/mol. The van der Waals surface area contributed by atoms with Crippen molar-refractivity contribution in [1.29, 1.82) is 0 Å². The lowest BCUT2D eigenvalue weighted by atomic mass is 9.98. The summed E-state index contributed by atoms with van der Waals surface area (Å²) in [4.78, 5) is 156. The molecule has 0 unspecified atom stereocenters. The zero-order valence-corrected chi connectivity index (χ0v) is 53.3. The van der Waals surface area contributed by atoms with Crippen molar-refractivity contribution in [2.24, 2.45) is 0 Å². The molecular weight excluding hydrogens is 1240 g/mol. The molecule has 5 N–H and O–H groups in total. The third kappa shape index (κ3) is 27.9. The van der Waals surface area contributed by atoms with Crippen LogP contribution in [0.1, 0.15) is 93.6 Å². The maximum atomic E-state index is 14.9. The molecule has 522 valence electrons. The van der Waals surface area contributed by atoms with Gasteiger partial charge in [0.2, 0.25) is 17.7 Å². The maximum Gasteiger partial charge on any atom is 0.306 e. The van der Waals surface area contributed by atoms with Crippen LogP contribution in [-0.4, -0.2) is 268 Å². The molecule has 3 heterocycles. The van der Waals surface area contributed by atoms with Crippen LogP contribution in [-0.2, 0) is 135 Å². The first-order valence-corrected chi connectivity index (χ1v) is 29.9. The van der Waals surface area contributed by atoms with Gasteiger partial charge in [0.1, 0.15) is 50.3 Å². The van der Waals surface area contributed by atoms with E-state index in [1.165, 1.54) is 6.92 Å². The number of hydrogen-bond donors (Lipinski definition) is 5. The number of aliphatic hydroxyl groups is 3. The summed E-state index contributed by atoms with van der Waals surface area (Å²) in [6.07, 6.45) is -21.6. The first-order chi connectivity index (χ1) is 44.0. The minimum Gasteiger partial charge on any atom is -0.463 e. The largest absolute Gasteiger partial charge is 0.463 e. The number of hydrogen-bond acceptors (Lipinski definition) is 31. The van der Waals surface area contributed by atoms with E-state index < -0.39 is 223 Å². The van der Waals surface area contributed by atoms with E-state index >= 15 is 0 Å². The molecule has 0 saturated carbocycles. The van der Waals surface area contributed by atoms with Crippen LogP contribution >= 0.6 is 0 Å². The summed E-state index contributed by atoms with van der Waals surface area (Å²) in [6, 6.07) is 9.11. The summed E-state index contributed by atoms with van der Waals surface area (Å²) in [5.41, 5.74) is 0.821. The van der Waals surface area contributed by atoms with Gasteiger partial charge in [-0.3, -0.25) is 62.4 Å². The molecule has 1 aromatic rings. The summed E-state index contributed by atoms with van der Waals surface area (Å²) in [5, 5.41) is 36.0. The second-order valence-corrected chi connectivity index (χ2v) is 21.6. The number of esters is 9. The Balaban J connectivity index is 1.65. The molecule has 4 rings (SSSR count). The summed E-state index contributed by atoms with van der Waals surface area (Å²) >= 11 is 0. The molecule has 1 aromatic carbocycles. The highest BCUT2D eigenvalue weighted by Gasteiger charge is 2.54. The normalized spacial score (nSPS) is 25.8. The minimum absolute atomic E-state index is 0.109. The third-order valence-electron chi connectivity index (χ3n) is 13.8. The number of unbranched alkanes of at least 4 members (excludes halogenated alkanes) is 2. The molecule has 93 heavy (non-hydrogen) atoms. The topological polar surface area (TPSA) is 435 Å². The molecular formula is C59H86N4O30. The van der Waals surface area contributed by atoms with E-state index in [1.807, 2.05) is 30.3 Å². The van der Waals surface area contributed by atoms with E-state index in [0.29, 0.717) is 19.3 Å². The van der Waals surface area contributed by atoms with Crippen LogP contribution in [0.2, 0.25) is 0 Å². The molecule has 3 fully saturated rings. The summed E-state index contributed by atoms with van der Waals surface area (Å²) in [5.74, 6) is -9.81. The van der Waals surface area contributed by atoms with Crippen LogP contribution in [0.4, 0.5) is 0 Å². The van der Waals surface area contributed by atoms with Crippen LogP contribution in [0, 0.1) is 0 Å². The van der Waals surface area contributed by atoms with Crippen molar-refractivity contribution in [2.45, 2.75) is 187 Å². The lowest BCUT2D eigenvalue weighted by molar-refractivity contribution is -0.309. The molecule has 0 aromatic heterocycles. The smallest absolute Gasteiger partial charge is 0.306 e. The Labute approximate surface area is 535 Å².